The zero-order valence-electron chi connectivity index (χ0n) is 10.3. The Labute approximate surface area is 116 Å². The lowest BCUT2D eigenvalue weighted by molar-refractivity contribution is -0.137. The number of oxazole rings is 1. The highest BCUT2D eigenvalue weighted by Gasteiger charge is 2.34. The summed E-state index contributed by atoms with van der Waals surface area (Å²) < 4.78 is 44.3. The molecule has 2 heterocycles. The number of pyridine rings is 1. The van der Waals surface area contributed by atoms with Gasteiger partial charge in [0.05, 0.1) is 5.56 Å². The van der Waals surface area contributed by atoms with Crippen molar-refractivity contribution in [2.75, 3.05) is 0 Å². The lowest BCUT2D eigenvalue weighted by atomic mass is 10.1. The maximum atomic E-state index is 13.0. The molecule has 104 valence electrons. The maximum Gasteiger partial charge on any atom is 0.417 e. The van der Waals surface area contributed by atoms with Crippen molar-refractivity contribution >= 4 is 11.2 Å². The predicted molar refractivity (Wildman–Crippen MR) is 67.0 cm³/mol. The van der Waals surface area contributed by atoms with E-state index in [2.05, 4.69) is 9.97 Å². The summed E-state index contributed by atoms with van der Waals surface area (Å²) in [6.07, 6.45) is -3.18. The number of hydrogen-bond donors (Lipinski definition) is 0. The highest BCUT2D eigenvalue weighted by molar-refractivity contribution is 5.78. The summed E-state index contributed by atoms with van der Waals surface area (Å²) in [7, 11) is 0. The number of rotatable bonds is 1. The molecule has 0 aliphatic rings. The third-order valence-electron chi connectivity index (χ3n) is 2.88. The number of fused-ring (bicyclic) bond motifs is 1. The molecule has 0 radical (unpaired) electrons. The summed E-state index contributed by atoms with van der Waals surface area (Å²) in [5.74, 6) is -0.215. The van der Waals surface area contributed by atoms with E-state index in [9.17, 15) is 13.2 Å². The first kappa shape index (κ1) is 13.1. The van der Waals surface area contributed by atoms with E-state index in [1.165, 1.54) is 30.5 Å². The summed E-state index contributed by atoms with van der Waals surface area (Å²) in [6, 6.07) is 8.25. The summed E-state index contributed by atoms with van der Waals surface area (Å²) in [4.78, 5) is 7.83. The molecule has 4 nitrogen and oxygen atoms in total. The molecular weight excluding hydrogens is 283 g/mol. The van der Waals surface area contributed by atoms with E-state index in [0.29, 0.717) is 0 Å². The number of aromatic nitrogens is 2. The lowest BCUT2D eigenvalue weighted by Gasteiger charge is -2.09. The van der Waals surface area contributed by atoms with Crippen molar-refractivity contribution in [2.45, 2.75) is 6.18 Å². The van der Waals surface area contributed by atoms with Crippen LogP contribution in [0.15, 0.2) is 40.9 Å². The van der Waals surface area contributed by atoms with E-state index < -0.39 is 11.7 Å². The van der Waals surface area contributed by atoms with Crippen LogP contribution in [-0.2, 0) is 6.18 Å². The van der Waals surface area contributed by atoms with Crippen LogP contribution in [0.4, 0.5) is 13.2 Å². The zero-order chi connectivity index (χ0) is 15.0. The van der Waals surface area contributed by atoms with Crippen molar-refractivity contribution in [2.24, 2.45) is 0 Å². The summed E-state index contributed by atoms with van der Waals surface area (Å²) in [6.45, 7) is 0. The fraction of sp³-hybridized carbons (Fsp3) is 0.0714. The van der Waals surface area contributed by atoms with E-state index in [-0.39, 0.29) is 28.2 Å². The van der Waals surface area contributed by atoms with Gasteiger partial charge < -0.3 is 4.42 Å². The van der Waals surface area contributed by atoms with Crippen LogP contribution >= 0.6 is 0 Å². The predicted octanol–water partition coefficient (Wildman–Crippen LogP) is 3.78. The normalized spacial score (nSPS) is 11.5. The van der Waals surface area contributed by atoms with Gasteiger partial charge in [-0.15, -0.1) is 0 Å². The first-order valence-electron chi connectivity index (χ1n) is 5.83. The molecule has 0 saturated carbocycles. The van der Waals surface area contributed by atoms with E-state index in [4.69, 9.17) is 9.68 Å². The average molecular weight is 289 g/mol. The molecule has 0 N–H and O–H groups in total. The van der Waals surface area contributed by atoms with Gasteiger partial charge in [0.25, 0.3) is 0 Å². The SMILES string of the molecule is N#Cc1ccnc2nc(-c3ccccc3C(F)(F)F)oc12. The van der Waals surface area contributed by atoms with Gasteiger partial charge in [-0.2, -0.15) is 23.4 Å². The van der Waals surface area contributed by atoms with Crippen LogP contribution < -0.4 is 0 Å². The molecule has 0 aliphatic heterocycles. The molecule has 0 fully saturated rings. The van der Waals surface area contributed by atoms with Gasteiger partial charge in [0.1, 0.15) is 11.6 Å². The van der Waals surface area contributed by atoms with Crippen molar-refractivity contribution in [3.05, 3.63) is 47.7 Å². The van der Waals surface area contributed by atoms with E-state index in [0.717, 1.165) is 6.07 Å². The molecule has 7 heteroatoms. The molecular formula is C14H6F3N3O. The number of alkyl halides is 3. The van der Waals surface area contributed by atoms with Gasteiger partial charge in [0.15, 0.2) is 5.58 Å². The van der Waals surface area contributed by atoms with Gasteiger partial charge in [-0.05, 0) is 18.2 Å². The third kappa shape index (κ3) is 2.21. The van der Waals surface area contributed by atoms with Crippen molar-refractivity contribution in [3.8, 4) is 17.5 Å². The monoisotopic (exact) mass is 289 g/mol. The van der Waals surface area contributed by atoms with E-state index in [1.54, 1.807) is 0 Å². The van der Waals surface area contributed by atoms with Crippen LogP contribution in [-0.4, -0.2) is 9.97 Å². The number of benzene rings is 1. The molecule has 0 spiro atoms. The van der Waals surface area contributed by atoms with Gasteiger partial charge in [-0.25, -0.2) is 4.98 Å². The standard InChI is InChI=1S/C14H6F3N3O/c15-14(16,17)10-4-2-1-3-9(10)13-20-12-11(21-13)8(7-18)5-6-19-12/h1-6H. The van der Waals surface area contributed by atoms with Crippen LogP contribution in [0.1, 0.15) is 11.1 Å². The van der Waals surface area contributed by atoms with Crippen LogP contribution in [0, 0.1) is 11.3 Å². The second-order valence-electron chi connectivity index (χ2n) is 4.19. The Morgan fingerprint density at radius 3 is 2.62 bits per heavy atom. The van der Waals surface area contributed by atoms with Gasteiger partial charge in [-0.1, -0.05) is 12.1 Å². The number of hydrogen-bond acceptors (Lipinski definition) is 4. The fourth-order valence-corrected chi connectivity index (χ4v) is 1.95. The lowest BCUT2D eigenvalue weighted by Crippen LogP contribution is -2.06. The Balaban J connectivity index is 2.25. The van der Waals surface area contributed by atoms with Crippen LogP contribution in [0.5, 0.6) is 0 Å². The molecule has 3 aromatic rings. The van der Waals surface area contributed by atoms with E-state index in [1.807, 2.05) is 6.07 Å². The number of nitrogens with zero attached hydrogens (tertiary/aromatic N) is 3. The van der Waals surface area contributed by atoms with Gasteiger partial charge in [-0.3, -0.25) is 0 Å². The Morgan fingerprint density at radius 1 is 1.14 bits per heavy atom. The van der Waals surface area contributed by atoms with Crippen molar-refractivity contribution in [3.63, 3.8) is 0 Å². The Morgan fingerprint density at radius 2 is 1.90 bits per heavy atom. The molecule has 1 aromatic carbocycles. The average Bonchev–Trinajstić information content (AvgIpc) is 2.90. The zero-order valence-corrected chi connectivity index (χ0v) is 10.3. The van der Waals surface area contributed by atoms with E-state index >= 15 is 0 Å². The molecule has 0 saturated heterocycles. The summed E-state index contributed by atoms with van der Waals surface area (Å²) in [5, 5.41) is 8.95. The molecule has 0 aliphatic carbocycles. The molecule has 0 amide bonds. The topological polar surface area (TPSA) is 62.7 Å². The minimum Gasteiger partial charge on any atom is -0.433 e. The molecule has 0 bridgehead atoms. The highest BCUT2D eigenvalue weighted by Crippen LogP contribution is 2.37. The Hall–Kier alpha value is -2.88. The highest BCUT2D eigenvalue weighted by atomic mass is 19.4. The van der Waals surface area contributed by atoms with Crippen molar-refractivity contribution in [1.29, 1.82) is 5.26 Å². The number of halogens is 3. The Kier molecular flexibility index (Phi) is 2.87. The van der Waals surface area contributed by atoms with Crippen LogP contribution in [0.25, 0.3) is 22.7 Å². The molecule has 2 aromatic heterocycles. The Bertz CT molecular complexity index is 862. The van der Waals surface area contributed by atoms with Crippen molar-refractivity contribution in [1.82, 2.24) is 9.97 Å². The summed E-state index contributed by atoms with van der Waals surface area (Å²) >= 11 is 0. The smallest absolute Gasteiger partial charge is 0.417 e. The van der Waals surface area contributed by atoms with Gasteiger partial charge in [0, 0.05) is 11.8 Å². The fourth-order valence-electron chi connectivity index (χ4n) is 1.95. The molecule has 0 unspecified atom stereocenters. The van der Waals surface area contributed by atoms with Crippen LogP contribution in [0.3, 0.4) is 0 Å². The third-order valence-corrected chi connectivity index (χ3v) is 2.88. The maximum absolute atomic E-state index is 13.0. The first-order valence-corrected chi connectivity index (χ1v) is 5.83. The molecule has 0 atom stereocenters. The second kappa shape index (κ2) is 4.59. The minimum atomic E-state index is -4.53. The molecule has 3 rings (SSSR count). The van der Waals surface area contributed by atoms with Crippen molar-refractivity contribution < 1.29 is 17.6 Å². The quantitative estimate of drug-likeness (QED) is 0.684. The first-order chi connectivity index (χ1) is 10.0. The second-order valence-corrected chi connectivity index (χ2v) is 4.19. The summed E-state index contributed by atoms with van der Waals surface area (Å²) in [5.41, 5.74) is -0.696. The van der Waals surface area contributed by atoms with Gasteiger partial charge in [0.2, 0.25) is 11.5 Å². The van der Waals surface area contributed by atoms with Crippen LogP contribution in [0.2, 0.25) is 0 Å². The van der Waals surface area contributed by atoms with Gasteiger partial charge >= 0.3 is 6.18 Å². The largest absolute Gasteiger partial charge is 0.433 e. The number of nitriles is 1. The minimum absolute atomic E-state index is 0.0759. The molecule has 21 heavy (non-hydrogen) atoms.